The quantitative estimate of drug-likeness (QED) is 0.806. The lowest BCUT2D eigenvalue weighted by molar-refractivity contribution is -0.0278. The first-order valence-electron chi connectivity index (χ1n) is 7.99. The number of nitrogens with one attached hydrogen (secondary N) is 1. The van der Waals surface area contributed by atoms with Crippen LogP contribution in [0.15, 0.2) is 30.3 Å². The molecule has 1 aliphatic rings. The van der Waals surface area contributed by atoms with Crippen LogP contribution in [0.4, 0.5) is 0 Å². The fraction of sp³-hybridized carbons (Fsp3) is 0.625. The highest BCUT2D eigenvalue weighted by atomic mass is 32.2. The lowest BCUT2D eigenvalue weighted by Gasteiger charge is -2.33. The molecule has 1 atom stereocenters. The maximum Gasteiger partial charge on any atom is 0.279 e. The first-order valence-corrected chi connectivity index (χ1v) is 9.43. The molecule has 6 nitrogen and oxygen atoms in total. The van der Waals surface area contributed by atoms with E-state index in [0.29, 0.717) is 13.2 Å². The van der Waals surface area contributed by atoms with Crippen molar-refractivity contribution in [2.75, 3.05) is 33.3 Å². The van der Waals surface area contributed by atoms with E-state index in [-0.39, 0.29) is 12.1 Å². The summed E-state index contributed by atoms with van der Waals surface area (Å²) in [5.74, 6) is 0. The minimum atomic E-state index is -3.45. The molecular weight excluding hydrogens is 314 g/mol. The average molecular weight is 341 g/mol. The second kappa shape index (κ2) is 8.21. The number of morpholine rings is 1. The summed E-state index contributed by atoms with van der Waals surface area (Å²) in [5, 5.41) is 0. The lowest BCUT2D eigenvalue weighted by atomic mass is 10.2. The number of nitrogens with zero attached hydrogens (tertiary/aromatic N) is 2. The Labute approximate surface area is 139 Å². The highest BCUT2D eigenvalue weighted by molar-refractivity contribution is 7.87. The third-order valence-electron chi connectivity index (χ3n) is 4.07. The molecule has 2 rings (SSSR count). The summed E-state index contributed by atoms with van der Waals surface area (Å²) in [7, 11) is -1.87. The third kappa shape index (κ3) is 5.54. The van der Waals surface area contributed by atoms with Crippen molar-refractivity contribution in [2.24, 2.45) is 0 Å². The Morgan fingerprint density at radius 2 is 2.04 bits per heavy atom. The monoisotopic (exact) mass is 341 g/mol. The summed E-state index contributed by atoms with van der Waals surface area (Å²) < 4.78 is 33.9. The van der Waals surface area contributed by atoms with Gasteiger partial charge < -0.3 is 4.74 Å². The molecule has 1 aromatic rings. The first kappa shape index (κ1) is 18.4. The largest absolute Gasteiger partial charge is 0.374 e. The molecular formula is C16H27N3O3S. The summed E-state index contributed by atoms with van der Waals surface area (Å²) in [5.41, 5.74) is 1.26. The van der Waals surface area contributed by atoms with Gasteiger partial charge in [-0.3, -0.25) is 4.90 Å². The highest BCUT2D eigenvalue weighted by Gasteiger charge is 2.25. The molecule has 23 heavy (non-hydrogen) atoms. The molecule has 0 aliphatic carbocycles. The molecule has 0 amide bonds. The normalized spacial score (nSPS) is 20.3. The van der Waals surface area contributed by atoms with Gasteiger partial charge in [-0.1, -0.05) is 30.3 Å². The van der Waals surface area contributed by atoms with E-state index in [1.54, 1.807) is 7.05 Å². The summed E-state index contributed by atoms with van der Waals surface area (Å²) in [6, 6.07) is 10.2. The van der Waals surface area contributed by atoms with Gasteiger partial charge in [0.25, 0.3) is 10.2 Å². The van der Waals surface area contributed by atoms with Gasteiger partial charge in [-0.2, -0.15) is 17.4 Å². The second-order valence-corrected chi connectivity index (χ2v) is 7.99. The van der Waals surface area contributed by atoms with E-state index in [4.69, 9.17) is 4.74 Å². The van der Waals surface area contributed by atoms with Crippen LogP contribution in [0.3, 0.4) is 0 Å². The van der Waals surface area contributed by atoms with Crippen LogP contribution >= 0.6 is 0 Å². The van der Waals surface area contributed by atoms with E-state index in [9.17, 15) is 8.42 Å². The molecule has 0 unspecified atom stereocenters. The van der Waals surface area contributed by atoms with Crippen LogP contribution in [0.25, 0.3) is 0 Å². The second-order valence-electron chi connectivity index (χ2n) is 6.18. The number of ether oxygens (including phenoxy) is 1. The molecule has 1 heterocycles. The number of hydrogen-bond donors (Lipinski definition) is 1. The smallest absolute Gasteiger partial charge is 0.279 e. The van der Waals surface area contributed by atoms with Gasteiger partial charge >= 0.3 is 0 Å². The number of rotatable bonds is 7. The van der Waals surface area contributed by atoms with Gasteiger partial charge in [0, 0.05) is 39.3 Å². The van der Waals surface area contributed by atoms with E-state index < -0.39 is 10.2 Å². The minimum Gasteiger partial charge on any atom is -0.374 e. The summed E-state index contributed by atoms with van der Waals surface area (Å²) in [6.07, 6.45) is -0.122. The van der Waals surface area contributed by atoms with E-state index in [2.05, 4.69) is 21.8 Å². The van der Waals surface area contributed by atoms with Gasteiger partial charge in [0.1, 0.15) is 0 Å². The van der Waals surface area contributed by atoms with Crippen molar-refractivity contribution in [3.8, 4) is 0 Å². The van der Waals surface area contributed by atoms with Crippen LogP contribution in [0.1, 0.15) is 19.4 Å². The molecule has 7 heteroatoms. The summed E-state index contributed by atoms with van der Waals surface area (Å²) in [4.78, 5) is 2.30. The van der Waals surface area contributed by atoms with Gasteiger partial charge in [-0.15, -0.1) is 0 Å². The Bertz CT molecular complexity index is 577. The molecule has 1 N–H and O–H groups in total. The third-order valence-corrected chi connectivity index (χ3v) is 5.78. The molecule has 1 saturated heterocycles. The first-order chi connectivity index (χ1) is 10.9. The minimum absolute atomic E-state index is 0.0747. The fourth-order valence-corrected chi connectivity index (χ4v) is 3.62. The predicted octanol–water partition coefficient (Wildman–Crippen LogP) is 1.06. The Balaban J connectivity index is 1.84. The van der Waals surface area contributed by atoms with E-state index in [1.165, 1.54) is 9.87 Å². The average Bonchev–Trinajstić information content (AvgIpc) is 2.53. The topological polar surface area (TPSA) is 61.9 Å². The van der Waals surface area contributed by atoms with Gasteiger partial charge in [0.15, 0.2) is 0 Å². The van der Waals surface area contributed by atoms with Crippen LogP contribution in [0, 0.1) is 0 Å². The Kier molecular flexibility index (Phi) is 6.55. The lowest BCUT2D eigenvalue weighted by Crippen LogP contribution is -2.50. The zero-order valence-corrected chi connectivity index (χ0v) is 14.9. The molecule has 0 bridgehead atoms. The van der Waals surface area contributed by atoms with Crippen LogP contribution in [0.5, 0.6) is 0 Å². The predicted molar refractivity (Wildman–Crippen MR) is 91.3 cm³/mol. The molecule has 1 fully saturated rings. The molecule has 130 valence electrons. The maximum absolute atomic E-state index is 12.1. The zero-order chi connectivity index (χ0) is 16.9. The summed E-state index contributed by atoms with van der Waals surface area (Å²) in [6.45, 7) is 7.06. The Hall–Kier alpha value is -0.990. The summed E-state index contributed by atoms with van der Waals surface area (Å²) >= 11 is 0. The van der Waals surface area contributed by atoms with Crippen molar-refractivity contribution < 1.29 is 13.2 Å². The molecule has 0 radical (unpaired) electrons. The van der Waals surface area contributed by atoms with Crippen molar-refractivity contribution in [1.82, 2.24) is 13.9 Å². The van der Waals surface area contributed by atoms with Gasteiger partial charge in [0.2, 0.25) is 0 Å². The molecule has 1 aliphatic heterocycles. The van der Waals surface area contributed by atoms with Crippen LogP contribution in [0.2, 0.25) is 0 Å². The highest BCUT2D eigenvalue weighted by Crippen LogP contribution is 2.10. The standard InChI is InChI=1S/C16H27N3O3S/c1-14(2)18(3)23(20,21)17-11-16-13-19(9-10-22-16)12-15-7-5-4-6-8-15/h4-8,14,16-17H,9-13H2,1-3H3/t16-/m0/s1. The Morgan fingerprint density at radius 3 is 2.70 bits per heavy atom. The number of benzene rings is 1. The SMILES string of the molecule is CC(C)N(C)S(=O)(=O)NC[C@H]1CN(Cc2ccccc2)CCO1. The van der Waals surface area contributed by atoms with Crippen LogP contribution in [-0.2, 0) is 21.5 Å². The van der Waals surface area contributed by atoms with Gasteiger partial charge in [-0.25, -0.2) is 0 Å². The van der Waals surface area contributed by atoms with Crippen molar-refractivity contribution in [1.29, 1.82) is 0 Å². The van der Waals surface area contributed by atoms with Crippen molar-refractivity contribution in [3.05, 3.63) is 35.9 Å². The molecule has 0 spiro atoms. The van der Waals surface area contributed by atoms with Crippen molar-refractivity contribution in [3.63, 3.8) is 0 Å². The van der Waals surface area contributed by atoms with E-state index in [0.717, 1.165) is 19.6 Å². The van der Waals surface area contributed by atoms with Crippen LogP contribution in [-0.4, -0.2) is 63.1 Å². The molecule has 0 saturated carbocycles. The van der Waals surface area contributed by atoms with Crippen LogP contribution < -0.4 is 4.72 Å². The maximum atomic E-state index is 12.1. The molecule has 0 aromatic heterocycles. The van der Waals surface area contributed by atoms with E-state index in [1.807, 2.05) is 32.0 Å². The molecule has 1 aromatic carbocycles. The zero-order valence-electron chi connectivity index (χ0n) is 14.1. The van der Waals surface area contributed by atoms with E-state index >= 15 is 0 Å². The van der Waals surface area contributed by atoms with Crippen molar-refractivity contribution >= 4 is 10.2 Å². The Morgan fingerprint density at radius 1 is 1.35 bits per heavy atom. The van der Waals surface area contributed by atoms with Gasteiger partial charge in [0.05, 0.1) is 12.7 Å². The number of hydrogen-bond acceptors (Lipinski definition) is 4. The van der Waals surface area contributed by atoms with Gasteiger partial charge in [-0.05, 0) is 19.4 Å². The fourth-order valence-electron chi connectivity index (χ4n) is 2.47. The van der Waals surface area contributed by atoms with Crippen molar-refractivity contribution in [2.45, 2.75) is 32.5 Å².